The summed E-state index contributed by atoms with van der Waals surface area (Å²) in [7, 11) is 0. The number of nitrogens with zero attached hydrogens (tertiary/aromatic N) is 2. The smallest absolute Gasteiger partial charge is 0.129 e. The quantitative estimate of drug-likeness (QED) is 0.685. The van der Waals surface area contributed by atoms with Crippen molar-refractivity contribution in [3.05, 3.63) is 64.7 Å². The first-order valence-electron chi connectivity index (χ1n) is 6.01. The van der Waals surface area contributed by atoms with Crippen LogP contribution in [0.25, 0.3) is 11.0 Å². The van der Waals surface area contributed by atoms with E-state index in [0.717, 1.165) is 16.9 Å². The van der Waals surface area contributed by atoms with Crippen LogP contribution in [0, 0.1) is 12.7 Å². The first-order chi connectivity index (χ1) is 9.16. The lowest BCUT2D eigenvalue weighted by molar-refractivity contribution is 0.599. The van der Waals surface area contributed by atoms with Gasteiger partial charge in [-0.15, -0.1) is 0 Å². The maximum Gasteiger partial charge on any atom is 0.129 e. The van der Waals surface area contributed by atoms with Gasteiger partial charge >= 0.3 is 0 Å². The van der Waals surface area contributed by atoms with Crippen LogP contribution in [0.4, 0.5) is 4.39 Å². The molecule has 1 aromatic heterocycles. The molecule has 0 N–H and O–H groups in total. The highest BCUT2D eigenvalue weighted by Gasteiger charge is 2.12. The van der Waals surface area contributed by atoms with Gasteiger partial charge < -0.3 is 4.57 Å². The van der Waals surface area contributed by atoms with Crippen LogP contribution >= 0.6 is 11.6 Å². The maximum absolute atomic E-state index is 13.9. The topological polar surface area (TPSA) is 17.8 Å². The maximum atomic E-state index is 13.9. The Morgan fingerprint density at radius 1 is 1.16 bits per heavy atom. The van der Waals surface area contributed by atoms with Gasteiger partial charge in [0.15, 0.2) is 0 Å². The Morgan fingerprint density at radius 3 is 2.74 bits per heavy atom. The molecule has 19 heavy (non-hydrogen) atoms. The van der Waals surface area contributed by atoms with Crippen LogP contribution in [-0.2, 0) is 6.54 Å². The number of halogens is 2. The van der Waals surface area contributed by atoms with E-state index in [2.05, 4.69) is 4.98 Å². The third-order valence-electron chi connectivity index (χ3n) is 3.22. The van der Waals surface area contributed by atoms with E-state index in [0.29, 0.717) is 17.1 Å². The van der Waals surface area contributed by atoms with Gasteiger partial charge in [-0.2, -0.15) is 0 Å². The predicted octanol–water partition coefficient (Wildman–Crippen LogP) is 4.19. The summed E-state index contributed by atoms with van der Waals surface area (Å²) in [5.41, 5.74) is 2.39. The van der Waals surface area contributed by atoms with E-state index in [1.54, 1.807) is 12.1 Å². The molecule has 0 amide bonds. The number of benzene rings is 2. The van der Waals surface area contributed by atoms with Gasteiger partial charge in [0.1, 0.15) is 11.6 Å². The Kier molecular flexibility index (Phi) is 2.99. The van der Waals surface area contributed by atoms with E-state index < -0.39 is 0 Å². The van der Waals surface area contributed by atoms with Crippen LogP contribution in [0.3, 0.4) is 0 Å². The van der Waals surface area contributed by atoms with Crippen molar-refractivity contribution in [1.82, 2.24) is 9.55 Å². The number of imidazole rings is 1. The van der Waals surface area contributed by atoms with Crippen molar-refractivity contribution in [2.75, 3.05) is 0 Å². The average Bonchev–Trinajstić information content (AvgIpc) is 2.70. The fourth-order valence-corrected chi connectivity index (χ4v) is 2.46. The van der Waals surface area contributed by atoms with Gasteiger partial charge in [-0.3, -0.25) is 0 Å². The van der Waals surface area contributed by atoms with Gasteiger partial charge in [-0.05, 0) is 31.2 Å². The molecule has 0 radical (unpaired) electrons. The summed E-state index contributed by atoms with van der Waals surface area (Å²) >= 11 is 6.08. The monoisotopic (exact) mass is 274 g/mol. The van der Waals surface area contributed by atoms with Crippen LogP contribution in [0.5, 0.6) is 0 Å². The summed E-state index contributed by atoms with van der Waals surface area (Å²) in [6, 6.07) is 12.5. The number of rotatable bonds is 2. The Bertz CT molecular complexity index is 729. The average molecular weight is 275 g/mol. The number of hydrogen-bond donors (Lipinski definition) is 0. The molecule has 96 valence electrons. The molecule has 1 heterocycles. The lowest BCUT2D eigenvalue weighted by Gasteiger charge is -2.09. The Hall–Kier alpha value is -1.87. The second-order valence-electron chi connectivity index (χ2n) is 4.43. The van der Waals surface area contributed by atoms with E-state index in [9.17, 15) is 4.39 Å². The highest BCUT2D eigenvalue weighted by atomic mass is 35.5. The molecule has 0 saturated heterocycles. The number of aromatic nitrogens is 2. The summed E-state index contributed by atoms with van der Waals surface area (Å²) in [5, 5.41) is 0.442. The zero-order chi connectivity index (χ0) is 13.4. The summed E-state index contributed by atoms with van der Waals surface area (Å²) in [4.78, 5) is 4.47. The van der Waals surface area contributed by atoms with Crippen molar-refractivity contribution in [3.63, 3.8) is 0 Å². The number of hydrogen-bond acceptors (Lipinski definition) is 1. The minimum Gasteiger partial charge on any atom is -0.324 e. The highest BCUT2D eigenvalue weighted by Crippen LogP contribution is 2.23. The second-order valence-corrected chi connectivity index (χ2v) is 4.84. The molecule has 0 saturated carbocycles. The van der Waals surface area contributed by atoms with Crippen molar-refractivity contribution in [3.8, 4) is 0 Å². The minimum absolute atomic E-state index is 0.287. The Morgan fingerprint density at radius 2 is 1.95 bits per heavy atom. The summed E-state index contributed by atoms with van der Waals surface area (Å²) in [5.74, 6) is 0.560. The fraction of sp³-hybridized carbons (Fsp3) is 0.133. The molecule has 4 heteroatoms. The molecule has 3 aromatic rings. The molecule has 0 aliphatic heterocycles. The third kappa shape index (κ3) is 2.10. The molecule has 0 unspecified atom stereocenters. The standard InChI is InChI=1S/C15H12ClFN2/c1-10-18-14-7-2-3-8-15(14)19(10)9-11-12(16)5-4-6-13(11)17/h2-8H,9H2,1H3. The lowest BCUT2D eigenvalue weighted by atomic mass is 10.2. The van der Waals surface area contributed by atoms with E-state index in [4.69, 9.17) is 11.6 Å². The molecule has 2 nitrogen and oxygen atoms in total. The van der Waals surface area contributed by atoms with Gasteiger partial charge in [0.25, 0.3) is 0 Å². The van der Waals surface area contributed by atoms with Gasteiger partial charge in [-0.1, -0.05) is 29.8 Å². The normalized spacial score (nSPS) is 11.1. The van der Waals surface area contributed by atoms with Crippen LogP contribution < -0.4 is 0 Å². The fourth-order valence-electron chi connectivity index (χ4n) is 2.24. The van der Waals surface area contributed by atoms with Crippen molar-refractivity contribution in [2.24, 2.45) is 0 Å². The molecule has 2 aromatic carbocycles. The molecular formula is C15H12ClFN2. The van der Waals surface area contributed by atoms with Crippen molar-refractivity contribution >= 4 is 22.6 Å². The molecule has 0 aliphatic carbocycles. The van der Waals surface area contributed by atoms with Crippen LogP contribution in [0.1, 0.15) is 11.4 Å². The zero-order valence-corrected chi connectivity index (χ0v) is 11.2. The van der Waals surface area contributed by atoms with E-state index >= 15 is 0 Å². The molecule has 0 bridgehead atoms. The first kappa shape index (κ1) is 12.2. The predicted molar refractivity (Wildman–Crippen MR) is 75.0 cm³/mol. The number of para-hydroxylation sites is 2. The van der Waals surface area contributed by atoms with Crippen molar-refractivity contribution in [2.45, 2.75) is 13.5 Å². The molecule has 0 fully saturated rings. The van der Waals surface area contributed by atoms with Crippen molar-refractivity contribution in [1.29, 1.82) is 0 Å². The van der Waals surface area contributed by atoms with Gasteiger partial charge in [0, 0.05) is 10.6 Å². The zero-order valence-electron chi connectivity index (χ0n) is 10.4. The summed E-state index contributed by atoms with van der Waals surface area (Å²) in [6.07, 6.45) is 0. The van der Waals surface area contributed by atoms with Crippen LogP contribution in [0.15, 0.2) is 42.5 Å². The third-order valence-corrected chi connectivity index (χ3v) is 3.58. The Balaban J connectivity index is 2.13. The minimum atomic E-state index is -0.287. The molecule has 0 aliphatic rings. The van der Waals surface area contributed by atoms with E-state index in [1.165, 1.54) is 6.07 Å². The molecule has 3 rings (SSSR count). The van der Waals surface area contributed by atoms with Gasteiger partial charge in [-0.25, -0.2) is 9.37 Å². The number of aryl methyl sites for hydroxylation is 1. The van der Waals surface area contributed by atoms with E-state index in [-0.39, 0.29) is 5.82 Å². The van der Waals surface area contributed by atoms with Crippen molar-refractivity contribution < 1.29 is 4.39 Å². The number of fused-ring (bicyclic) bond motifs is 1. The Labute approximate surface area is 115 Å². The summed E-state index contributed by atoms with van der Waals surface area (Å²) < 4.78 is 15.8. The lowest BCUT2D eigenvalue weighted by Crippen LogP contribution is -2.04. The largest absolute Gasteiger partial charge is 0.324 e. The van der Waals surface area contributed by atoms with Crippen LogP contribution in [-0.4, -0.2) is 9.55 Å². The SMILES string of the molecule is Cc1nc2ccccc2n1Cc1c(F)cccc1Cl. The van der Waals surface area contributed by atoms with Gasteiger partial charge in [0.2, 0.25) is 0 Å². The van der Waals surface area contributed by atoms with E-state index in [1.807, 2.05) is 35.8 Å². The second kappa shape index (κ2) is 4.67. The molecule has 0 atom stereocenters. The highest BCUT2D eigenvalue weighted by molar-refractivity contribution is 6.31. The van der Waals surface area contributed by atoms with Gasteiger partial charge in [0.05, 0.1) is 17.6 Å². The first-order valence-corrected chi connectivity index (χ1v) is 6.39. The summed E-state index contributed by atoms with van der Waals surface area (Å²) in [6.45, 7) is 2.30. The molecule has 0 spiro atoms. The van der Waals surface area contributed by atoms with Crippen LogP contribution in [0.2, 0.25) is 5.02 Å². The molecular weight excluding hydrogens is 263 g/mol.